The van der Waals surface area contributed by atoms with Crippen molar-refractivity contribution < 1.29 is 4.74 Å². The van der Waals surface area contributed by atoms with E-state index < -0.39 is 6.10 Å². The highest BCUT2D eigenvalue weighted by Crippen LogP contribution is 2.14. The molecular weight excluding hydrogens is 258 g/mol. The van der Waals surface area contributed by atoms with Crippen molar-refractivity contribution in [2.24, 2.45) is 5.73 Å². The van der Waals surface area contributed by atoms with Crippen LogP contribution in [0.25, 0.3) is 0 Å². The van der Waals surface area contributed by atoms with Gasteiger partial charge in [0, 0.05) is 24.5 Å². The van der Waals surface area contributed by atoms with E-state index >= 15 is 0 Å². The van der Waals surface area contributed by atoms with Crippen LogP contribution in [0.4, 0.5) is 5.82 Å². The molecule has 110 valence electrons. The third-order valence-electron chi connectivity index (χ3n) is 3.26. The molecule has 2 rings (SSSR count). The van der Waals surface area contributed by atoms with Crippen LogP contribution in [0.1, 0.15) is 20.8 Å². The monoisotopic (exact) mass is 279 g/mol. The second kappa shape index (κ2) is 5.24. The summed E-state index contributed by atoms with van der Waals surface area (Å²) in [7, 11) is 0. The van der Waals surface area contributed by atoms with Gasteiger partial charge in [-0.25, -0.2) is 4.98 Å². The number of nitrogens with zero attached hydrogens (tertiary/aromatic N) is 3. The SMILES string of the molecule is CC(C)(C)n1ccnc(N2CCOC(C(=N)N)C2)c1=O. The highest BCUT2D eigenvalue weighted by Gasteiger charge is 2.26. The lowest BCUT2D eigenvalue weighted by molar-refractivity contribution is 0.0821. The highest BCUT2D eigenvalue weighted by atomic mass is 16.5. The Kier molecular flexibility index (Phi) is 3.80. The summed E-state index contributed by atoms with van der Waals surface area (Å²) in [5, 5.41) is 7.46. The summed E-state index contributed by atoms with van der Waals surface area (Å²) in [6.45, 7) is 7.28. The quantitative estimate of drug-likeness (QED) is 0.593. The van der Waals surface area contributed by atoms with Gasteiger partial charge in [0.2, 0.25) is 0 Å². The van der Waals surface area contributed by atoms with Crippen molar-refractivity contribution in [2.45, 2.75) is 32.4 Å². The third-order valence-corrected chi connectivity index (χ3v) is 3.26. The van der Waals surface area contributed by atoms with Crippen LogP contribution in [0.5, 0.6) is 0 Å². The molecule has 2 heterocycles. The van der Waals surface area contributed by atoms with Gasteiger partial charge in [-0.15, -0.1) is 0 Å². The number of ether oxygens (including phenoxy) is 1. The predicted octanol–water partition coefficient (Wildman–Crippen LogP) is 0.139. The maximum absolute atomic E-state index is 12.5. The van der Waals surface area contributed by atoms with Crippen molar-refractivity contribution in [1.82, 2.24) is 9.55 Å². The molecule has 0 amide bonds. The Labute approximate surface area is 117 Å². The molecule has 3 N–H and O–H groups in total. The van der Waals surface area contributed by atoms with E-state index in [4.69, 9.17) is 15.9 Å². The zero-order valence-electron chi connectivity index (χ0n) is 12.1. The van der Waals surface area contributed by atoms with Crippen LogP contribution in [0.2, 0.25) is 0 Å². The van der Waals surface area contributed by atoms with Crippen LogP contribution < -0.4 is 16.2 Å². The number of nitrogens with one attached hydrogen (secondary N) is 1. The Balaban J connectivity index is 2.34. The van der Waals surface area contributed by atoms with Crippen molar-refractivity contribution >= 4 is 11.7 Å². The largest absolute Gasteiger partial charge is 0.385 e. The van der Waals surface area contributed by atoms with E-state index in [1.165, 1.54) is 0 Å². The summed E-state index contributed by atoms with van der Waals surface area (Å²) in [5.41, 5.74) is 5.03. The summed E-state index contributed by atoms with van der Waals surface area (Å²) in [5.74, 6) is 0.360. The zero-order chi connectivity index (χ0) is 14.9. The molecule has 7 nitrogen and oxygen atoms in total. The smallest absolute Gasteiger partial charge is 0.293 e. The van der Waals surface area contributed by atoms with E-state index in [1.807, 2.05) is 25.7 Å². The summed E-state index contributed by atoms with van der Waals surface area (Å²) >= 11 is 0. The van der Waals surface area contributed by atoms with Gasteiger partial charge in [-0.2, -0.15) is 0 Å². The molecule has 0 radical (unpaired) electrons. The average Bonchev–Trinajstić information content (AvgIpc) is 2.37. The first-order valence-electron chi connectivity index (χ1n) is 6.59. The van der Waals surface area contributed by atoms with E-state index in [0.717, 1.165) is 0 Å². The summed E-state index contributed by atoms with van der Waals surface area (Å²) in [6, 6.07) is 0. The molecule has 1 unspecified atom stereocenters. The normalized spacial score (nSPS) is 19.9. The number of amidine groups is 1. The van der Waals surface area contributed by atoms with Crippen molar-refractivity contribution in [3.8, 4) is 0 Å². The number of hydrogen-bond acceptors (Lipinski definition) is 5. The van der Waals surface area contributed by atoms with Gasteiger partial charge in [0.05, 0.1) is 13.2 Å². The molecule has 0 aromatic carbocycles. The molecule has 0 bridgehead atoms. The molecule has 1 aromatic rings. The number of hydrogen-bond donors (Lipinski definition) is 2. The van der Waals surface area contributed by atoms with Crippen molar-refractivity contribution in [3.05, 3.63) is 22.7 Å². The van der Waals surface area contributed by atoms with Gasteiger partial charge >= 0.3 is 0 Å². The van der Waals surface area contributed by atoms with Gasteiger partial charge in [-0.05, 0) is 20.8 Å². The summed E-state index contributed by atoms with van der Waals surface area (Å²) < 4.78 is 7.06. The molecule has 1 aliphatic rings. The molecular formula is C13H21N5O2. The number of aromatic nitrogens is 2. The topological polar surface area (TPSA) is 97.2 Å². The third kappa shape index (κ3) is 2.82. The van der Waals surface area contributed by atoms with Crippen LogP contribution in [-0.2, 0) is 10.3 Å². The van der Waals surface area contributed by atoms with Crippen LogP contribution in [0.15, 0.2) is 17.2 Å². The van der Waals surface area contributed by atoms with Gasteiger partial charge in [0.25, 0.3) is 5.56 Å². The minimum Gasteiger partial charge on any atom is -0.385 e. The van der Waals surface area contributed by atoms with E-state index in [9.17, 15) is 4.79 Å². The standard InChI is InChI=1S/C13H21N5O2/c1-13(2,3)18-5-4-16-11(12(18)19)17-6-7-20-9(8-17)10(14)15/h4-5,9H,6-8H2,1-3H3,(H3,14,15). The van der Waals surface area contributed by atoms with Gasteiger partial charge in [0.15, 0.2) is 5.82 Å². The van der Waals surface area contributed by atoms with E-state index in [-0.39, 0.29) is 16.9 Å². The molecule has 1 aliphatic heterocycles. The lowest BCUT2D eigenvalue weighted by Crippen LogP contribution is -2.50. The van der Waals surface area contributed by atoms with E-state index in [2.05, 4.69) is 4.98 Å². The molecule has 1 fully saturated rings. The fourth-order valence-electron chi connectivity index (χ4n) is 2.18. The van der Waals surface area contributed by atoms with E-state index in [1.54, 1.807) is 17.0 Å². The molecule has 1 atom stereocenters. The van der Waals surface area contributed by atoms with Gasteiger partial charge in [-0.1, -0.05) is 0 Å². The maximum Gasteiger partial charge on any atom is 0.293 e. The van der Waals surface area contributed by atoms with E-state index in [0.29, 0.717) is 25.5 Å². The second-order valence-corrected chi connectivity index (χ2v) is 5.86. The molecule has 7 heteroatoms. The van der Waals surface area contributed by atoms with Gasteiger partial charge in [0.1, 0.15) is 11.9 Å². The maximum atomic E-state index is 12.5. The van der Waals surface area contributed by atoms with Crippen LogP contribution in [0.3, 0.4) is 0 Å². The molecule has 1 aromatic heterocycles. The fourth-order valence-corrected chi connectivity index (χ4v) is 2.18. The molecule has 0 saturated carbocycles. The average molecular weight is 279 g/mol. The summed E-state index contributed by atoms with van der Waals surface area (Å²) in [4.78, 5) is 18.6. The van der Waals surface area contributed by atoms with Crippen LogP contribution in [0, 0.1) is 5.41 Å². The molecule has 1 saturated heterocycles. The molecule has 20 heavy (non-hydrogen) atoms. The van der Waals surface area contributed by atoms with Gasteiger partial charge in [-0.3, -0.25) is 10.2 Å². The second-order valence-electron chi connectivity index (χ2n) is 5.86. The molecule has 0 aliphatic carbocycles. The highest BCUT2D eigenvalue weighted by molar-refractivity contribution is 5.82. The summed E-state index contributed by atoms with van der Waals surface area (Å²) in [6.07, 6.45) is 2.84. The van der Waals surface area contributed by atoms with Crippen molar-refractivity contribution in [3.63, 3.8) is 0 Å². The number of anilines is 1. The van der Waals surface area contributed by atoms with Crippen LogP contribution in [-0.4, -0.2) is 41.2 Å². The minimum absolute atomic E-state index is 0.0261. The fraction of sp³-hybridized carbons (Fsp3) is 0.615. The Morgan fingerprint density at radius 2 is 2.25 bits per heavy atom. The first-order chi connectivity index (χ1) is 9.30. The van der Waals surface area contributed by atoms with Crippen molar-refractivity contribution in [2.75, 3.05) is 24.6 Å². The van der Waals surface area contributed by atoms with Gasteiger partial charge < -0.3 is 19.9 Å². The lowest BCUT2D eigenvalue weighted by atomic mass is 10.1. The first-order valence-corrected chi connectivity index (χ1v) is 6.59. The minimum atomic E-state index is -0.478. The lowest BCUT2D eigenvalue weighted by Gasteiger charge is -2.33. The number of rotatable bonds is 2. The zero-order valence-corrected chi connectivity index (χ0v) is 12.1. The predicted molar refractivity (Wildman–Crippen MR) is 77.4 cm³/mol. The number of morpholine rings is 1. The van der Waals surface area contributed by atoms with Crippen LogP contribution >= 0.6 is 0 Å². The first kappa shape index (κ1) is 14.5. The molecule has 0 spiro atoms. The Morgan fingerprint density at radius 3 is 2.85 bits per heavy atom. The Hall–Kier alpha value is -1.89. The Bertz CT molecular complexity index is 561. The number of nitrogens with two attached hydrogens (primary N) is 1. The Morgan fingerprint density at radius 1 is 1.55 bits per heavy atom. The van der Waals surface area contributed by atoms with Crippen molar-refractivity contribution in [1.29, 1.82) is 5.41 Å².